The highest BCUT2D eigenvalue weighted by molar-refractivity contribution is 5.87. The molecule has 2 heterocycles. The standard InChI is InChI=1S/C26H36FN3O3/c1-17-13-28(8-9-30(17)26(33)20-6-4-5-7-20)14-22-11-24(27)10-21(18(22)2)12-25(32)23-15-29(16-23)19(3)31/h10-11,17,20,23H,4-9,12-16H2,1-3H3/t17-/m0/s1. The number of likely N-dealkylation sites (tertiary alicyclic amines) is 1. The van der Waals surface area contributed by atoms with Gasteiger partial charge in [-0.3, -0.25) is 19.3 Å². The Balaban J connectivity index is 1.36. The van der Waals surface area contributed by atoms with Gasteiger partial charge in [-0.2, -0.15) is 0 Å². The molecule has 1 aromatic carbocycles. The van der Waals surface area contributed by atoms with Crippen LogP contribution in [0.4, 0.5) is 4.39 Å². The molecule has 7 heteroatoms. The van der Waals surface area contributed by atoms with E-state index in [0.717, 1.165) is 55.5 Å². The van der Waals surface area contributed by atoms with Gasteiger partial charge in [-0.15, -0.1) is 0 Å². The molecule has 3 aliphatic rings. The van der Waals surface area contributed by atoms with E-state index in [-0.39, 0.29) is 41.8 Å². The van der Waals surface area contributed by atoms with Gasteiger partial charge in [0, 0.05) is 64.6 Å². The summed E-state index contributed by atoms with van der Waals surface area (Å²) >= 11 is 0. The van der Waals surface area contributed by atoms with Crippen molar-refractivity contribution in [3.8, 4) is 0 Å². The second kappa shape index (κ2) is 9.92. The molecule has 1 saturated carbocycles. The van der Waals surface area contributed by atoms with Crippen molar-refractivity contribution in [3.63, 3.8) is 0 Å². The Kier molecular flexibility index (Phi) is 7.17. The van der Waals surface area contributed by atoms with Crippen LogP contribution < -0.4 is 0 Å². The third-order valence-electron chi connectivity index (χ3n) is 7.83. The van der Waals surface area contributed by atoms with E-state index in [0.29, 0.717) is 32.1 Å². The Hall–Kier alpha value is -2.28. The van der Waals surface area contributed by atoms with Crippen molar-refractivity contribution >= 4 is 17.6 Å². The second-order valence-corrected chi connectivity index (χ2v) is 10.2. The van der Waals surface area contributed by atoms with Gasteiger partial charge in [0.25, 0.3) is 0 Å². The molecule has 2 aliphatic heterocycles. The molecule has 0 radical (unpaired) electrons. The zero-order valence-electron chi connectivity index (χ0n) is 20.1. The first-order valence-electron chi connectivity index (χ1n) is 12.3. The van der Waals surface area contributed by atoms with Crippen molar-refractivity contribution in [2.24, 2.45) is 11.8 Å². The van der Waals surface area contributed by atoms with Gasteiger partial charge in [0.05, 0.1) is 5.92 Å². The predicted molar refractivity (Wildman–Crippen MR) is 124 cm³/mol. The first-order chi connectivity index (χ1) is 15.7. The Morgan fingerprint density at radius 3 is 2.30 bits per heavy atom. The number of rotatable bonds is 6. The van der Waals surface area contributed by atoms with Gasteiger partial charge in [-0.05, 0) is 55.5 Å². The number of hydrogen-bond acceptors (Lipinski definition) is 4. The normalized spacial score (nSPS) is 22.5. The molecule has 0 N–H and O–H groups in total. The quantitative estimate of drug-likeness (QED) is 0.659. The number of amides is 2. The molecule has 0 aromatic heterocycles. The van der Waals surface area contributed by atoms with Crippen LogP contribution in [0.2, 0.25) is 0 Å². The first-order valence-corrected chi connectivity index (χ1v) is 12.3. The van der Waals surface area contributed by atoms with Crippen molar-refractivity contribution in [3.05, 3.63) is 34.6 Å². The number of carbonyl (C=O) groups is 3. The molecule has 2 amide bonds. The van der Waals surface area contributed by atoms with E-state index < -0.39 is 0 Å². The number of Topliss-reactive ketones (excluding diaryl/α,β-unsaturated/α-hetero) is 1. The summed E-state index contributed by atoms with van der Waals surface area (Å²) in [5, 5.41) is 0. The number of benzene rings is 1. The van der Waals surface area contributed by atoms with Gasteiger partial charge in [-0.1, -0.05) is 12.8 Å². The monoisotopic (exact) mass is 457 g/mol. The maximum atomic E-state index is 14.5. The van der Waals surface area contributed by atoms with Gasteiger partial charge in [-0.25, -0.2) is 4.39 Å². The topological polar surface area (TPSA) is 60.9 Å². The zero-order chi connectivity index (χ0) is 23.7. The number of nitrogens with zero attached hydrogens (tertiary/aromatic N) is 3. The second-order valence-electron chi connectivity index (χ2n) is 10.2. The molecule has 1 aliphatic carbocycles. The fourth-order valence-corrected chi connectivity index (χ4v) is 5.57. The van der Waals surface area contributed by atoms with Gasteiger partial charge < -0.3 is 9.80 Å². The maximum Gasteiger partial charge on any atom is 0.226 e. The summed E-state index contributed by atoms with van der Waals surface area (Å²) in [4.78, 5) is 42.9. The van der Waals surface area contributed by atoms with Crippen LogP contribution in [0.15, 0.2) is 12.1 Å². The molecule has 4 rings (SSSR count). The van der Waals surface area contributed by atoms with Crippen LogP contribution in [0.3, 0.4) is 0 Å². The summed E-state index contributed by atoms with van der Waals surface area (Å²) in [6.45, 7) is 9.38. The van der Waals surface area contributed by atoms with Gasteiger partial charge in [0.15, 0.2) is 0 Å². The first kappa shape index (κ1) is 23.9. The minimum absolute atomic E-state index is 0.0115. The summed E-state index contributed by atoms with van der Waals surface area (Å²) in [6, 6.07) is 3.19. The largest absolute Gasteiger partial charge is 0.341 e. The third-order valence-corrected chi connectivity index (χ3v) is 7.83. The van der Waals surface area contributed by atoms with Crippen molar-refractivity contribution < 1.29 is 18.8 Å². The van der Waals surface area contributed by atoms with Crippen molar-refractivity contribution in [2.75, 3.05) is 32.7 Å². The maximum absolute atomic E-state index is 14.5. The average molecular weight is 458 g/mol. The highest BCUT2D eigenvalue weighted by Crippen LogP contribution is 2.29. The van der Waals surface area contributed by atoms with Crippen LogP contribution in [0, 0.1) is 24.6 Å². The molecule has 2 saturated heterocycles. The SMILES string of the molecule is CC(=O)N1CC(C(=O)Cc2cc(F)cc(CN3CCN(C(=O)C4CCCC4)[C@@H](C)C3)c2C)C1. The van der Waals surface area contributed by atoms with E-state index in [1.165, 1.54) is 13.0 Å². The molecule has 1 aromatic rings. The molecule has 0 spiro atoms. The van der Waals surface area contributed by atoms with Gasteiger partial charge in [0.2, 0.25) is 11.8 Å². The molecule has 0 bridgehead atoms. The summed E-state index contributed by atoms with van der Waals surface area (Å²) in [7, 11) is 0. The molecule has 33 heavy (non-hydrogen) atoms. The Morgan fingerprint density at radius 1 is 1.00 bits per heavy atom. The van der Waals surface area contributed by atoms with E-state index in [4.69, 9.17) is 0 Å². The lowest BCUT2D eigenvalue weighted by atomic mass is 9.89. The summed E-state index contributed by atoms with van der Waals surface area (Å²) in [5.74, 6) is 0.0960. The zero-order valence-corrected chi connectivity index (χ0v) is 20.1. The molecule has 1 atom stereocenters. The van der Waals surface area contributed by atoms with E-state index in [1.54, 1.807) is 11.0 Å². The fourth-order valence-electron chi connectivity index (χ4n) is 5.57. The minimum Gasteiger partial charge on any atom is -0.341 e. The number of halogens is 1. The van der Waals surface area contributed by atoms with Crippen molar-refractivity contribution in [2.45, 2.75) is 65.5 Å². The van der Waals surface area contributed by atoms with E-state index >= 15 is 0 Å². The average Bonchev–Trinajstić information content (AvgIpc) is 3.24. The lowest BCUT2D eigenvalue weighted by Gasteiger charge is -2.41. The van der Waals surface area contributed by atoms with Crippen molar-refractivity contribution in [1.82, 2.24) is 14.7 Å². The summed E-state index contributed by atoms with van der Waals surface area (Å²) in [6.07, 6.45) is 4.55. The van der Waals surface area contributed by atoms with Crippen LogP contribution in [-0.4, -0.2) is 71.1 Å². The lowest BCUT2D eigenvalue weighted by Crippen LogP contribution is -2.54. The summed E-state index contributed by atoms with van der Waals surface area (Å²) < 4.78 is 14.5. The lowest BCUT2D eigenvalue weighted by molar-refractivity contribution is -0.141. The fraction of sp³-hybridized carbons (Fsp3) is 0.654. The highest BCUT2D eigenvalue weighted by Gasteiger charge is 2.35. The summed E-state index contributed by atoms with van der Waals surface area (Å²) in [5.41, 5.74) is 2.60. The number of carbonyl (C=O) groups excluding carboxylic acids is 3. The number of piperazine rings is 1. The Morgan fingerprint density at radius 2 is 1.67 bits per heavy atom. The highest BCUT2D eigenvalue weighted by atomic mass is 19.1. The molecular weight excluding hydrogens is 421 g/mol. The van der Waals surface area contributed by atoms with Crippen molar-refractivity contribution in [1.29, 1.82) is 0 Å². The van der Waals surface area contributed by atoms with Crippen LogP contribution >= 0.6 is 0 Å². The molecule has 6 nitrogen and oxygen atoms in total. The molecule has 180 valence electrons. The van der Waals surface area contributed by atoms with E-state index in [1.807, 2.05) is 11.8 Å². The van der Waals surface area contributed by atoms with E-state index in [9.17, 15) is 18.8 Å². The molecular formula is C26H36FN3O3. The molecule has 3 fully saturated rings. The number of ketones is 1. The Labute approximate surface area is 196 Å². The number of hydrogen-bond donors (Lipinski definition) is 0. The smallest absolute Gasteiger partial charge is 0.226 e. The van der Waals surface area contributed by atoms with Gasteiger partial charge >= 0.3 is 0 Å². The van der Waals surface area contributed by atoms with Crippen LogP contribution in [0.1, 0.15) is 56.2 Å². The van der Waals surface area contributed by atoms with E-state index in [2.05, 4.69) is 11.8 Å². The molecule has 0 unspecified atom stereocenters. The van der Waals surface area contributed by atoms with Gasteiger partial charge in [0.1, 0.15) is 11.6 Å². The minimum atomic E-state index is -0.319. The van der Waals surface area contributed by atoms with Crippen LogP contribution in [-0.2, 0) is 27.3 Å². The third kappa shape index (κ3) is 5.29. The van der Waals surface area contributed by atoms with Crippen LogP contribution in [0.5, 0.6) is 0 Å². The Bertz CT molecular complexity index is 922. The van der Waals surface area contributed by atoms with Crippen LogP contribution in [0.25, 0.3) is 0 Å². The predicted octanol–water partition coefficient (Wildman–Crippen LogP) is 2.95.